The molecule has 0 aromatic carbocycles. The lowest BCUT2D eigenvalue weighted by Crippen LogP contribution is -1.95. The fraction of sp³-hybridized carbons (Fsp3) is 0.333. The third-order valence-electron chi connectivity index (χ3n) is 1.90. The van der Waals surface area contributed by atoms with Crippen LogP contribution in [0.5, 0.6) is 0 Å². The summed E-state index contributed by atoms with van der Waals surface area (Å²) in [6.07, 6.45) is 7.47. The van der Waals surface area contributed by atoms with Gasteiger partial charge in [0.15, 0.2) is 0 Å². The highest BCUT2D eigenvalue weighted by atomic mass is 15.0. The largest absolute Gasteiger partial charge is 0.347 e. The molecule has 3 heteroatoms. The van der Waals surface area contributed by atoms with Crippen molar-refractivity contribution in [2.75, 3.05) is 0 Å². The minimum atomic E-state index is 0.473. The topological polar surface area (TPSA) is 30.7 Å². The smallest absolute Gasteiger partial charge is 0.106 e. The fourth-order valence-electron chi connectivity index (χ4n) is 1.18. The molecule has 0 saturated carbocycles. The van der Waals surface area contributed by atoms with E-state index in [1.54, 1.807) is 12.4 Å². The zero-order chi connectivity index (χ0) is 8.55. The monoisotopic (exact) mass is 161 g/mol. The number of aromatic nitrogens is 3. The van der Waals surface area contributed by atoms with Gasteiger partial charge in [0.2, 0.25) is 0 Å². The Bertz CT molecular complexity index is 356. The molecule has 0 N–H and O–H groups in total. The van der Waals surface area contributed by atoms with Crippen molar-refractivity contribution in [3.05, 3.63) is 24.8 Å². The number of fused-ring (bicyclic) bond motifs is 1. The second-order valence-corrected chi connectivity index (χ2v) is 3.13. The molecule has 3 nitrogen and oxygen atoms in total. The predicted octanol–water partition coefficient (Wildman–Crippen LogP) is 2.01. The van der Waals surface area contributed by atoms with Gasteiger partial charge in [-0.15, -0.1) is 0 Å². The van der Waals surface area contributed by atoms with Gasteiger partial charge in [0.25, 0.3) is 0 Å². The molecule has 2 aromatic rings. The van der Waals surface area contributed by atoms with Crippen LogP contribution in [0.2, 0.25) is 0 Å². The number of hydrogen-bond acceptors (Lipinski definition) is 2. The zero-order valence-corrected chi connectivity index (χ0v) is 7.23. The third-order valence-corrected chi connectivity index (χ3v) is 1.90. The molecule has 0 aliphatic carbocycles. The van der Waals surface area contributed by atoms with Crippen molar-refractivity contribution in [2.45, 2.75) is 19.9 Å². The van der Waals surface area contributed by atoms with E-state index in [9.17, 15) is 0 Å². The van der Waals surface area contributed by atoms with Crippen LogP contribution in [0.1, 0.15) is 19.9 Å². The number of rotatable bonds is 1. The number of hydrogen-bond donors (Lipinski definition) is 0. The van der Waals surface area contributed by atoms with Crippen LogP contribution in [-0.2, 0) is 0 Å². The summed E-state index contributed by atoms with van der Waals surface area (Å²) in [6, 6.07) is 0.473. The lowest BCUT2D eigenvalue weighted by atomic mass is 10.4. The Morgan fingerprint density at radius 3 is 2.00 bits per heavy atom. The summed E-state index contributed by atoms with van der Waals surface area (Å²) in [7, 11) is 0. The molecule has 0 radical (unpaired) electrons. The van der Waals surface area contributed by atoms with E-state index in [0.717, 1.165) is 11.0 Å². The van der Waals surface area contributed by atoms with Gasteiger partial charge in [0.1, 0.15) is 11.0 Å². The minimum absolute atomic E-state index is 0.473. The van der Waals surface area contributed by atoms with Crippen LogP contribution >= 0.6 is 0 Å². The van der Waals surface area contributed by atoms with Crippen LogP contribution in [0.4, 0.5) is 0 Å². The second-order valence-electron chi connectivity index (χ2n) is 3.13. The average Bonchev–Trinajstić information content (AvgIpc) is 2.46. The quantitative estimate of drug-likeness (QED) is 0.640. The maximum atomic E-state index is 4.20. The zero-order valence-electron chi connectivity index (χ0n) is 7.23. The molecule has 0 aliphatic rings. The van der Waals surface area contributed by atoms with E-state index in [4.69, 9.17) is 0 Å². The highest BCUT2D eigenvalue weighted by Gasteiger charge is 2.01. The lowest BCUT2D eigenvalue weighted by Gasteiger charge is -2.03. The molecule has 62 valence electrons. The Balaban J connectivity index is 2.62. The van der Waals surface area contributed by atoms with E-state index in [1.807, 2.05) is 12.4 Å². The van der Waals surface area contributed by atoms with Crippen molar-refractivity contribution in [3.63, 3.8) is 0 Å². The van der Waals surface area contributed by atoms with Gasteiger partial charge in [-0.05, 0) is 13.8 Å². The van der Waals surface area contributed by atoms with Crippen molar-refractivity contribution < 1.29 is 0 Å². The molecule has 0 fully saturated rings. The van der Waals surface area contributed by atoms with Crippen LogP contribution in [0.25, 0.3) is 11.0 Å². The van der Waals surface area contributed by atoms with E-state index in [0.29, 0.717) is 6.04 Å². The average molecular weight is 161 g/mol. The maximum absolute atomic E-state index is 4.20. The van der Waals surface area contributed by atoms with Crippen LogP contribution in [0, 0.1) is 0 Å². The number of nitrogens with zero attached hydrogens (tertiary/aromatic N) is 3. The van der Waals surface area contributed by atoms with Crippen molar-refractivity contribution in [2.24, 2.45) is 0 Å². The SMILES string of the molecule is CC(C)n1cc2nccnc2c1. The molecule has 12 heavy (non-hydrogen) atoms. The van der Waals surface area contributed by atoms with E-state index < -0.39 is 0 Å². The first-order valence-corrected chi connectivity index (χ1v) is 4.05. The molecule has 0 spiro atoms. The van der Waals surface area contributed by atoms with Gasteiger partial charge < -0.3 is 4.57 Å². The predicted molar refractivity (Wildman–Crippen MR) is 47.9 cm³/mol. The first-order valence-electron chi connectivity index (χ1n) is 4.05. The van der Waals surface area contributed by atoms with Gasteiger partial charge in [-0.1, -0.05) is 0 Å². The Morgan fingerprint density at radius 2 is 1.58 bits per heavy atom. The molecule has 0 unspecified atom stereocenters. The van der Waals surface area contributed by atoms with Crippen molar-refractivity contribution >= 4 is 11.0 Å². The minimum Gasteiger partial charge on any atom is -0.347 e. The van der Waals surface area contributed by atoms with Crippen LogP contribution < -0.4 is 0 Å². The summed E-state index contributed by atoms with van der Waals surface area (Å²) >= 11 is 0. The standard InChI is InChI=1S/C9H11N3/c1-7(2)12-5-8-9(6-12)11-4-3-10-8/h3-7H,1-2H3. The molecular weight excluding hydrogens is 150 g/mol. The summed E-state index contributed by atoms with van der Waals surface area (Å²) in [5.74, 6) is 0. The Hall–Kier alpha value is -1.38. The molecule has 0 aliphatic heterocycles. The highest BCUT2D eigenvalue weighted by Crippen LogP contribution is 2.13. The maximum Gasteiger partial charge on any atom is 0.106 e. The summed E-state index contributed by atoms with van der Waals surface area (Å²) in [6.45, 7) is 4.28. The summed E-state index contributed by atoms with van der Waals surface area (Å²) in [5, 5.41) is 0. The van der Waals surface area contributed by atoms with Crippen molar-refractivity contribution in [3.8, 4) is 0 Å². The molecule has 0 atom stereocenters. The Kier molecular flexibility index (Phi) is 1.57. The second kappa shape index (κ2) is 2.59. The van der Waals surface area contributed by atoms with Crippen LogP contribution in [0.3, 0.4) is 0 Å². The summed E-state index contributed by atoms with van der Waals surface area (Å²) < 4.78 is 2.12. The van der Waals surface area contributed by atoms with E-state index >= 15 is 0 Å². The molecule has 0 bridgehead atoms. The van der Waals surface area contributed by atoms with Gasteiger partial charge in [0.05, 0.1) is 0 Å². The first kappa shape index (κ1) is 7.28. The molecular formula is C9H11N3. The van der Waals surface area contributed by atoms with E-state index in [1.165, 1.54) is 0 Å². The van der Waals surface area contributed by atoms with Gasteiger partial charge in [-0.2, -0.15) is 0 Å². The highest BCUT2D eigenvalue weighted by molar-refractivity contribution is 5.72. The van der Waals surface area contributed by atoms with Crippen molar-refractivity contribution in [1.82, 2.24) is 14.5 Å². The van der Waals surface area contributed by atoms with E-state index in [-0.39, 0.29) is 0 Å². The summed E-state index contributed by atoms with van der Waals surface area (Å²) in [5.41, 5.74) is 1.93. The molecule has 0 saturated heterocycles. The molecule has 2 heterocycles. The van der Waals surface area contributed by atoms with E-state index in [2.05, 4.69) is 28.4 Å². The molecule has 2 aromatic heterocycles. The van der Waals surface area contributed by atoms with Crippen LogP contribution in [-0.4, -0.2) is 14.5 Å². The Morgan fingerprint density at radius 1 is 1.08 bits per heavy atom. The molecule has 0 amide bonds. The van der Waals surface area contributed by atoms with Gasteiger partial charge in [0, 0.05) is 30.8 Å². The third kappa shape index (κ3) is 1.07. The Labute approximate surface area is 71.1 Å². The molecule has 2 rings (SSSR count). The fourth-order valence-corrected chi connectivity index (χ4v) is 1.18. The van der Waals surface area contributed by atoms with Crippen molar-refractivity contribution in [1.29, 1.82) is 0 Å². The van der Waals surface area contributed by atoms with Gasteiger partial charge in [-0.3, -0.25) is 9.97 Å². The van der Waals surface area contributed by atoms with Gasteiger partial charge >= 0.3 is 0 Å². The van der Waals surface area contributed by atoms with Crippen LogP contribution in [0.15, 0.2) is 24.8 Å². The van der Waals surface area contributed by atoms with Gasteiger partial charge in [-0.25, -0.2) is 0 Å². The first-order chi connectivity index (χ1) is 5.77. The lowest BCUT2D eigenvalue weighted by molar-refractivity contribution is 0.605. The normalized spacial score (nSPS) is 11.2. The summed E-state index contributed by atoms with van der Waals surface area (Å²) in [4.78, 5) is 8.40.